The molecule has 1 aliphatic rings. The SMILES string of the molecule is CSc1ccc(C(=O)O[C@H](C)C(=O)NC(=O)NC2CCCCC2)cc1[N+](=O)[O-]. The molecular weight excluding hydrogens is 386 g/mol. The molecule has 1 fully saturated rings. The number of ether oxygens (including phenoxy) is 1. The molecule has 1 aliphatic carbocycles. The van der Waals surface area contributed by atoms with Gasteiger partial charge in [0.25, 0.3) is 11.6 Å². The molecule has 1 saturated carbocycles. The minimum atomic E-state index is -1.23. The smallest absolute Gasteiger partial charge is 0.339 e. The number of benzene rings is 1. The van der Waals surface area contributed by atoms with E-state index >= 15 is 0 Å². The maximum atomic E-state index is 12.2. The Balaban J connectivity index is 1.92. The zero-order valence-corrected chi connectivity index (χ0v) is 16.5. The van der Waals surface area contributed by atoms with Gasteiger partial charge in [0, 0.05) is 12.1 Å². The fourth-order valence-electron chi connectivity index (χ4n) is 2.92. The molecule has 2 rings (SSSR count). The molecule has 0 aliphatic heterocycles. The van der Waals surface area contributed by atoms with Gasteiger partial charge in [0.1, 0.15) is 0 Å². The predicted molar refractivity (Wildman–Crippen MR) is 103 cm³/mol. The summed E-state index contributed by atoms with van der Waals surface area (Å²) in [5.74, 6) is -1.65. The first-order chi connectivity index (χ1) is 13.3. The summed E-state index contributed by atoms with van der Waals surface area (Å²) in [6, 6.07) is 3.35. The molecule has 2 N–H and O–H groups in total. The van der Waals surface area contributed by atoms with Crippen molar-refractivity contribution in [3.8, 4) is 0 Å². The first-order valence-electron chi connectivity index (χ1n) is 8.96. The lowest BCUT2D eigenvalue weighted by Crippen LogP contribution is -2.48. The van der Waals surface area contributed by atoms with Crippen LogP contribution in [-0.2, 0) is 9.53 Å². The number of thioether (sulfide) groups is 1. The molecule has 0 aromatic heterocycles. The number of nitrogens with one attached hydrogen (secondary N) is 2. The lowest BCUT2D eigenvalue weighted by Gasteiger charge is -2.23. The summed E-state index contributed by atoms with van der Waals surface area (Å²) < 4.78 is 5.04. The van der Waals surface area contributed by atoms with E-state index in [1.165, 1.54) is 30.8 Å². The molecule has 10 heteroatoms. The summed E-state index contributed by atoms with van der Waals surface area (Å²) in [7, 11) is 0. The number of carbonyl (C=O) groups is 3. The predicted octanol–water partition coefficient (Wildman–Crippen LogP) is 3.02. The Bertz CT molecular complexity index is 764. The quantitative estimate of drug-likeness (QED) is 0.320. The average Bonchev–Trinajstić information content (AvgIpc) is 2.67. The van der Waals surface area contributed by atoms with Gasteiger partial charge >= 0.3 is 12.0 Å². The van der Waals surface area contributed by atoms with Crippen LogP contribution in [0.15, 0.2) is 23.1 Å². The molecule has 9 nitrogen and oxygen atoms in total. The van der Waals surface area contributed by atoms with E-state index in [4.69, 9.17) is 4.74 Å². The van der Waals surface area contributed by atoms with E-state index in [2.05, 4.69) is 10.6 Å². The second kappa shape index (κ2) is 10.1. The first-order valence-corrected chi connectivity index (χ1v) is 10.2. The highest BCUT2D eigenvalue weighted by Gasteiger charge is 2.24. The summed E-state index contributed by atoms with van der Waals surface area (Å²) >= 11 is 1.18. The van der Waals surface area contributed by atoms with Crippen molar-refractivity contribution in [2.45, 2.75) is 56.1 Å². The third kappa shape index (κ3) is 5.95. The van der Waals surface area contributed by atoms with Gasteiger partial charge in [-0.1, -0.05) is 19.3 Å². The fourth-order valence-corrected chi connectivity index (χ4v) is 3.47. The Hall–Kier alpha value is -2.62. The van der Waals surface area contributed by atoms with Gasteiger partial charge in [0.05, 0.1) is 15.4 Å². The van der Waals surface area contributed by atoms with Crippen molar-refractivity contribution < 1.29 is 24.0 Å². The van der Waals surface area contributed by atoms with Crippen LogP contribution < -0.4 is 10.6 Å². The van der Waals surface area contributed by atoms with E-state index in [1.807, 2.05) is 0 Å². The van der Waals surface area contributed by atoms with Crippen LogP contribution >= 0.6 is 11.8 Å². The van der Waals surface area contributed by atoms with Gasteiger partial charge in [0.15, 0.2) is 6.10 Å². The highest BCUT2D eigenvalue weighted by atomic mass is 32.2. The van der Waals surface area contributed by atoms with E-state index in [0.29, 0.717) is 4.90 Å². The molecule has 3 amide bonds. The molecule has 1 atom stereocenters. The first kappa shape index (κ1) is 21.7. The van der Waals surface area contributed by atoms with Crippen LogP contribution in [0.2, 0.25) is 0 Å². The molecule has 0 saturated heterocycles. The normalized spacial score (nSPS) is 15.4. The summed E-state index contributed by atoms with van der Waals surface area (Å²) in [5, 5.41) is 16.0. The van der Waals surface area contributed by atoms with E-state index < -0.39 is 28.9 Å². The van der Waals surface area contributed by atoms with Crippen LogP contribution in [0.1, 0.15) is 49.4 Å². The molecule has 28 heavy (non-hydrogen) atoms. The van der Waals surface area contributed by atoms with Crippen molar-refractivity contribution in [1.82, 2.24) is 10.6 Å². The van der Waals surface area contributed by atoms with Crippen molar-refractivity contribution in [1.29, 1.82) is 0 Å². The third-order valence-electron chi connectivity index (χ3n) is 4.44. The van der Waals surface area contributed by atoms with Gasteiger partial charge in [-0.25, -0.2) is 9.59 Å². The summed E-state index contributed by atoms with van der Waals surface area (Å²) in [5.41, 5.74) is -0.262. The van der Waals surface area contributed by atoms with Crippen molar-refractivity contribution in [3.63, 3.8) is 0 Å². The fraction of sp³-hybridized carbons (Fsp3) is 0.500. The van der Waals surface area contributed by atoms with E-state index in [0.717, 1.165) is 38.2 Å². The standard InChI is InChI=1S/C18H23N3O6S/c1-11(16(22)20-18(24)19-13-6-4-3-5-7-13)27-17(23)12-8-9-15(28-2)14(10-12)21(25)26/h8-11,13H,3-7H2,1-2H3,(H2,19,20,22,24)/t11-/m1/s1. The Morgan fingerprint density at radius 1 is 1.25 bits per heavy atom. The van der Waals surface area contributed by atoms with Crippen LogP contribution in [0, 0.1) is 10.1 Å². The molecule has 1 aromatic carbocycles. The molecule has 0 bridgehead atoms. The number of imide groups is 1. The molecule has 0 spiro atoms. The largest absolute Gasteiger partial charge is 0.449 e. The topological polar surface area (TPSA) is 128 Å². The molecule has 152 valence electrons. The number of carbonyl (C=O) groups excluding carboxylic acids is 3. The Labute approximate surface area is 166 Å². The van der Waals surface area contributed by atoms with E-state index in [9.17, 15) is 24.5 Å². The minimum absolute atomic E-state index is 0.0369. The Morgan fingerprint density at radius 2 is 1.93 bits per heavy atom. The van der Waals surface area contributed by atoms with Crippen molar-refractivity contribution in [2.24, 2.45) is 0 Å². The molecule has 0 unspecified atom stereocenters. The van der Waals surface area contributed by atoms with Gasteiger partial charge < -0.3 is 10.1 Å². The lowest BCUT2D eigenvalue weighted by molar-refractivity contribution is -0.387. The summed E-state index contributed by atoms with van der Waals surface area (Å²) in [6.07, 6.45) is 5.41. The molecular formula is C18H23N3O6S. The van der Waals surface area contributed by atoms with E-state index in [-0.39, 0.29) is 17.3 Å². The number of hydrogen-bond acceptors (Lipinski definition) is 7. The molecule has 0 radical (unpaired) electrons. The second-order valence-electron chi connectivity index (χ2n) is 6.49. The zero-order valence-electron chi connectivity index (χ0n) is 15.7. The number of esters is 1. The summed E-state index contributed by atoms with van der Waals surface area (Å²) in [6.45, 7) is 1.33. The van der Waals surface area contributed by atoms with Crippen LogP contribution in [0.5, 0.6) is 0 Å². The number of urea groups is 1. The molecule has 0 heterocycles. The number of amides is 3. The van der Waals surface area contributed by atoms with Gasteiger partial charge in [0.2, 0.25) is 0 Å². The van der Waals surface area contributed by atoms with Crippen LogP contribution in [-0.4, -0.2) is 41.2 Å². The van der Waals surface area contributed by atoms with Crippen LogP contribution in [0.4, 0.5) is 10.5 Å². The number of nitro benzene ring substituents is 1. The third-order valence-corrected chi connectivity index (χ3v) is 5.23. The summed E-state index contributed by atoms with van der Waals surface area (Å²) in [4.78, 5) is 47.1. The number of nitrogens with zero attached hydrogens (tertiary/aromatic N) is 1. The Morgan fingerprint density at radius 3 is 2.54 bits per heavy atom. The van der Waals surface area contributed by atoms with E-state index in [1.54, 1.807) is 6.26 Å². The monoisotopic (exact) mass is 409 g/mol. The van der Waals surface area contributed by atoms with Crippen LogP contribution in [0.3, 0.4) is 0 Å². The van der Waals surface area contributed by atoms with Gasteiger partial charge in [-0.2, -0.15) is 0 Å². The number of hydrogen-bond donors (Lipinski definition) is 2. The minimum Gasteiger partial charge on any atom is -0.449 e. The highest BCUT2D eigenvalue weighted by Crippen LogP contribution is 2.28. The maximum absolute atomic E-state index is 12.2. The lowest BCUT2D eigenvalue weighted by atomic mass is 9.96. The van der Waals surface area contributed by atoms with Crippen molar-refractivity contribution in [3.05, 3.63) is 33.9 Å². The average molecular weight is 409 g/mol. The number of nitro groups is 1. The van der Waals surface area contributed by atoms with Gasteiger partial charge in [-0.15, -0.1) is 11.8 Å². The van der Waals surface area contributed by atoms with Gasteiger partial charge in [-0.05, 0) is 38.2 Å². The maximum Gasteiger partial charge on any atom is 0.339 e. The van der Waals surface area contributed by atoms with Crippen LogP contribution in [0.25, 0.3) is 0 Å². The van der Waals surface area contributed by atoms with Crippen molar-refractivity contribution >= 4 is 35.4 Å². The Kier molecular flexibility index (Phi) is 7.80. The highest BCUT2D eigenvalue weighted by molar-refractivity contribution is 7.98. The zero-order chi connectivity index (χ0) is 20.7. The second-order valence-corrected chi connectivity index (χ2v) is 7.34. The van der Waals surface area contributed by atoms with Crippen molar-refractivity contribution in [2.75, 3.05) is 6.26 Å². The van der Waals surface area contributed by atoms with Gasteiger partial charge in [-0.3, -0.25) is 20.2 Å². The number of rotatable bonds is 6. The molecule has 1 aromatic rings.